The van der Waals surface area contributed by atoms with Crippen molar-refractivity contribution >= 4 is 28.7 Å². The van der Waals surface area contributed by atoms with Crippen molar-refractivity contribution in [3.63, 3.8) is 0 Å². The molecule has 1 aromatic heterocycles. The van der Waals surface area contributed by atoms with Crippen LogP contribution < -0.4 is 0 Å². The zero-order valence-corrected chi connectivity index (χ0v) is 15.3. The van der Waals surface area contributed by atoms with Gasteiger partial charge in [-0.2, -0.15) is 5.10 Å². The fraction of sp³-hybridized carbons (Fsp3) is 0.412. The zero-order chi connectivity index (χ0) is 16.2. The first-order chi connectivity index (χ1) is 11.1. The summed E-state index contributed by atoms with van der Waals surface area (Å²) in [4.78, 5) is 14.4. The Bertz CT molecular complexity index is 672. The van der Waals surface area contributed by atoms with Crippen LogP contribution in [0.5, 0.6) is 0 Å². The lowest BCUT2D eigenvalue weighted by Crippen LogP contribution is -2.39. The molecule has 0 saturated carbocycles. The van der Waals surface area contributed by atoms with E-state index in [-0.39, 0.29) is 12.1 Å². The van der Waals surface area contributed by atoms with Crippen molar-refractivity contribution in [1.82, 2.24) is 14.7 Å². The number of carbonyl (C=O) groups excluding carboxylic acids is 1. The van der Waals surface area contributed by atoms with E-state index in [1.807, 2.05) is 48.5 Å². The lowest BCUT2D eigenvalue weighted by Gasteiger charge is -2.34. The molecule has 1 aliphatic heterocycles. The van der Waals surface area contributed by atoms with Crippen molar-refractivity contribution in [2.24, 2.45) is 7.05 Å². The monoisotopic (exact) mass is 425 g/mol. The van der Waals surface area contributed by atoms with Gasteiger partial charge in [0.25, 0.3) is 0 Å². The minimum absolute atomic E-state index is 0.0140. The molecule has 1 aliphatic rings. The standard InChI is InChI=1S/C17H20IN3O2/c1-20-11-14(18)16(19-20)15-9-5-6-10-21(15)17(22)23-12-13-7-3-2-4-8-13/h2-4,7-8,11,15H,5-6,9-10,12H2,1H3. The molecule has 1 amide bonds. The fourth-order valence-electron chi connectivity index (χ4n) is 2.94. The maximum atomic E-state index is 12.5. The van der Waals surface area contributed by atoms with E-state index in [2.05, 4.69) is 27.7 Å². The van der Waals surface area contributed by atoms with E-state index in [0.29, 0.717) is 6.61 Å². The first-order valence-corrected chi connectivity index (χ1v) is 8.89. The van der Waals surface area contributed by atoms with Gasteiger partial charge >= 0.3 is 6.09 Å². The molecule has 1 saturated heterocycles. The first kappa shape index (κ1) is 16.3. The molecule has 1 unspecified atom stereocenters. The molecule has 0 aliphatic carbocycles. The highest BCUT2D eigenvalue weighted by Gasteiger charge is 2.32. The molecule has 2 aromatic rings. The maximum absolute atomic E-state index is 12.5. The largest absolute Gasteiger partial charge is 0.445 e. The molecule has 0 bridgehead atoms. The summed E-state index contributed by atoms with van der Waals surface area (Å²) in [6.07, 6.45) is 4.80. The number of amides is 1. The molecular formula is C17H20IN3O2. The predicted octanol–water partition coefficient (Wildman–Crippen LogP) is 3.89. The van der Waals surface area contributed by atoms with Crippen LogP contribution in [-0.4, -0.2) is 27.3 Å². The van der Waals surface area contributed by atoms with Crippen molar-refractivity contribution in [3.05, 3.63) is 51.4 Å². The van der Waals surface area contributed by atoms with Gasteiger partial charge < -0.3 is 4.74 Å². The SMILES string of the molecule is Cn1cc(I)c(C2CCCCN2C(=O)OCc2ccccc2)n1. The Morgan fingerprint density at radius 3 is 2.83 bits per heavy atom. The third kappa shape index (κ3) is 3.85. The van der Waals surface area contributed by atoms with Gasteiger partial charge in [-0.3, -0.25) is 9.58 Å². The summed E-state index contributed by atoms with van der Waals surface area (Å²) >= 11 is 2.29. The molecule has 1 atom stereocenters. The average molecular weight is 425 g/mol. The summed E-state index contributed by atoms with van der Waals surface area (Å²) in [5.74, 6) is 0. The van der Waals surface area contributed by atoms with Crippen LogP contribution >= 0.6 is 22.6 Å². The third-order valence-electron chi connectivity index (χ3n) is 4.07. The number of aromatic nitrogens is 2. The van der Waals surface area contributed by atoms with Crippen molar-refractivity contribution in [1.29, 1.82) is 0 Å². The minimum atomic E-state index is -0.250. The van der Waals surface area contributed by atoms with Crippen LogP contribution in [0.1, 0.15) is 36.6 Å². The molecule has 122 valence electrons. The van der Waals surface area contributed by atoms with E-state index >= 15 is 0 Å². The second-order valence-corrected chi connectivity index (χ2v) is 6.94. The molecule has 0 spiro atoms. The number of likely N-dealkylation sites (tertiary alicyclic amines) is 1. The Balaban J connectivity index is 1.70. The number of benzene rings is 1. The smallest absolute Gasteiger partial charge is 0.410 e. The first-order valence-electron chi connectivity index (χ1n) is 7.81. The molecule has 6 heteroatoms. The van der Waals surface area contributed by atoms with Crippen molar-refractivity contribution in [2.45, 2.75) is 31.9 Å². The van der Waals surface area contributed by atoms with Gasteiger partial charge in [0.05, 0.1) is 15.3 Å². The second kappa shape index (κ2) is 7.33. The highest BCUT2D eigenvalue weighted by atomic mass is 127. The quantitative estimate of drug-likeness (QED) is 0.702. The molecular weight excluding hydrogens is 405 g/mol. The van der Waals surface area contributed by atoms with Crippen molar-refractivity contribution in [2.75, 3.05) is 6.54 Å². The minimum Gasteiger partial charge on any atom is -0.445 e. The van der Waals surface area contributed by atoms with E-state index in [0.717, 1.165) is 40.6 Å². The van der Waals surface area contributed by atoms with E-state index in [1.54, 1.807) is 4.68 Å². The summed E-state index contributed by atoms with van der Waals surface area (Å²) < 4.78 is 8.42. The van der Waals surface area contributed by atoms with Gasteiger partial charge in [-0.15, -0.1) is 0 Å². The summed E-state index contributed by atoms with van der Waals surface area (Å²) in [5, 5.41) is 4.54. The molecule has 2 heterocycles. The molecule has 3 rings (SSSR count). The number of nitrogens with zero attached hydrogens (tertiary/aromatic N) is 3. The van der Waals surface area contributed by atoms with E-state index in [4.69, 9.17) is 4.74 Å². The van der Waals surface area contributed by atoms with Crippen LogP contribution in [0.15, 0.2) is 36.5 Å². The lowest BCUT2D eigenvalue weighted by molar-refractivity contribution is 0.0666. The van der Waals surface area contributed by atoms with Gasteiger partial charge in [-0.05, 0) is 47.4 Å². The average Bonchev–Trinajstić information content (AvgIpc) is 2.92. The Kier molecular flexibility index (Phi) is 5.20. The van der Waals surface area contributed by atoms with Gasteiger partial charge in [-0.1, -0.05) is 30.3 Å². The molecule has 1 aromatic carbocycles. The van der Waals surface area contributed by atoms with Gasteiger partial charge in [0, 0.05) is 19.8 Å². The van der Waals surface area contributed by atoms with Crippen molar-refractivity contribution < 1.29 is 9.53 Å². The highest BCUT2D eigenvalue weighted by Crippen LogP contribution is 2.33. The molecule has 1 fully saturated rings. The summed E-state index contributed by atoms with van der Waals surface area (Å²) in [5.41, 5.74) is 1.98. The highest BCUT2D eigenvalue weighted by molar-refractivity contribution is 14.1. The Morgan fingerprint density at radius 1 is 1.35 bits per heavy atom. The van der Waals surface area contributed by atoms with Crippen LogP contribution in [0.25, 0.3) is 0 Å². The normalized spacial score (nSPS) is 18.0. The number of hydrogen-bond acceptors (Lipinski definition) is 3. The Labute approximate surface area is 149 Å². The number of ether oxygens (including phenoxy) is 1. The molecule has 0 N–H and O–H groups in total. The van der Waals surface area contributed by atoms with Crippen LogP contribution in [0.2, 0.25) is 0 Å². The predicted molar refractivity (Wildman–Crippen MR) is 95.9 cm³/mol. The summed E-state index contributed by atoms with van der Waals surface area (Å²) in [6, 6.07) is 9.78. The van der Waals surface area contributed by atoms with E-state index in [9.17, 15) is 4.79 Å². The molecule has 0 radical (unpaired) electrons. The van der Waals surface area contributed by atoms with Gasteiger partial charge in [0.2, 0.25) is 0 Å². The van der Waals surface area contributed by atoms with Gasteiger partial charge in [0.15, 0.2) is 0 Å². The third-order valence-corrected chi connectivity index (χ3v) is 4.90. The van der Waals surface area contributed by atoms with E-state index < -0.39 is 0 Å². The number of piperidine rings is 1. The number of hydrogen-bond donors (Lipinski definition) is 0. The van der Waals surface area contributed by atoms with E-state index in [1.165, 1.54) is 0 Å². The number of carbonyl (C=O) groups is 1. The summed E-state index contributed by atoms with van der Waals surface area (Å²) in [7, 11) is 1.91. The van der Waals surface area contributed by atoms with Crippen LogP contribution in [0.4, 0.5) is 4.79 Å². The number of halogens is 1. The van der Waals surface area contributed by atoms with Crippen LogP contribution in [-0.2, 0) is 18.4 Å². The number of aryl methyl sites for hydroxylation is 1. The van der Waals surface area contributed by atoms with Crippen molar-refractivity contribution in [3.8, 4) is 0 Å². The summed E-state index contributed by atoms with van der Waals surface area (Å²) in [6.45, 7) is 1.03. The van der Waals surface area contributed by atoms with Crippen LogP contribution in [0.3, 0.4) is 0 Å². The second-order valence-electron chi connectivity index (χ2n) is 5.78. The lowest BCUT2D eigenvalue weighted by atomic mass is 10.00. The Morgan fingerprint density at radius 2 is 2.13 bits per heavy atom. The molecule has 23 heavy (non-hydrogen) atoms. The maximum Gasteiger partial charge on any atom is 0.410 e. The van der Waals surface area contributed by atoms with Gasteiger partial charge in [-0.25, -0.2) is 4.79 Å². The number of rotatable bonds is 3. The zero-order valence-electron chi connectivity index (χ0n) is 13.1. The fourth-order valence-corrected chi connectivity index (χ4v) is 3.81. The van der Waals surface area contributed by atoms with Gasteiger partial charge in [0.1, 0.15) is 6.61 Å². The molecule has 5 nitrogen and oxygen atoms in total. The van der Waals surface area contributed by atoms with Crippen LogP contribution in [0, 0.1) is 3.57 Å². The topological polar surface area (TPSA) is 47.4 Å². The Hall–Kier alpha value is -1.57.